The van der Waals surface area contributed by atoms with Crippen LogP contribution in [-0.4, -0.2) is 31.8 Å². The molecule has 5 nitrogen and oxygen atoms in total. The Hall–Kier alpha value is -3.03. The van der Waals surface area contributed by atoms with Gasteiger partial charge in [0, 0.05) is 11.3 Å². The van der Waals surface area contributed by atoms with Crippen LogP contribution in [0.25, 0.3) is 0 Å². The number of halogens is 3. The third kappa shape index (κ3) is 5.47. The van der Waals surface area contributed by atoms with Gasteiger partial charge in [-0.2, -0.15) is 13.2 Å². The summed E-state index contributed by atoms with van der Waals surface area (Å²) in [4.78, 5) is 24.2. The Morgan fingerprint density at radius 2 is 1.70 bits per heavy atom. The lowest BCUT2D eigenvalue weighted by atomic mass is 10.0. The molecule has 1 amide bonds. The summed E-state index contributed by atoms with van der Waals surface area (Å²) in [7, 11) is 1.27. The van der Waals surface area contributed by atoms with E-state index in [0.29, 0.717) is 11.3 Å². The van der Waals surface area contributed by atoms with Crippen molar-refractivity contribution in [2.24, 2.45) is 0 Å². The summed E-state index contributed by atoms with van der Waals surface area (Å²) in [6, 6.07) is 8.47. The Kier molecular flexibility index (Phi) is 6.09. The fourth-order valence-electron chi connectivity index (χ4n) is 2.32. The molecule has 0 aliphatic rings. The summed E-state index contributed by atoms with van der Waals surface area (Å²) in [6.45, 7) is 2.16. The highest BCUT2D eigenvalue weighted by atomic mass is 19.4. The minimum Gasteiger partial charge on any atom is -0.484 e. The van der Waals surface area contributed by atoms with Crippen LogP contribution in [0.3, 0.4) is 0 Å². The van der Waals surface area contributed by atoms with Crippen molar-refractivity contribution < 1.29 is 32.2 Å². The Balaban J connectivity index is 2.13. The van der Waals surface area contributed by atoms with Crippen molar-refractivity contribution in [3.05, 3.63) is 58.7 Å². The number of hydrogen-bond acceptors (Lipinski definition) is 4. The smallest absolute Gasteiger partial charge is 0.422 e. The zero-order valence-corrected chi connectivity index (χ0v) is 14.9. The van der Waals surface area contributed by atoms with Crippen LogP contribution in [0.15, 0.2) is 36.4 Å². The summed E-state index contributed by atoms with van der Waals surface area (Å²) in [5.74, 6) is -0.989. The van der Waals surface area contributed by atoms with Crippen LogP contribution in [0, 0.1) is 13.8 Å². The molecule has 0 heterocycles. The molecule has 2 rings (SSSR count). The average molecular weight is 381 g/mol. The van der Waals surface area contributed by atoms with Crippen LogP contribution in [-0.2, 0) is 4.74 Å². The number of carbonyl (C=O) groups excluding carboxylic acids is 2. The summed E-state index contributed by atoms with van der Waals surface area (Å²) in [6.07, 6.45) is -4.43. The molecule has 0 unspecified atom stereocenters. The van der Waals surface area contributed by atoms with E-state index in [1.54, 1.807) is 19.9 Å². The third-order valence-corrected chi connectivity index (χ3v) is 3.85. The van der Waals surface area contributed by atoms with Crippen LogP contribution < -0.4 is 10.1 Å². The predicted molar refractivity (Wildman–Crippen MR) is 93.2 cm³/mol. The maximum absolute atomic E-state index is 12.3. The zero-order chi connectivity index (χ0) is 20.2. The zero-order valence-electron chi connectivity index (χ0n) is 14.9. The SMILES string of the molecule is COC(=O)c1cc(NC(=O)c2ccc(OCC(F)(F)F)cc2)cc(C)c1C. The molecule has 0 fully saturated rings. The maximum atomic E-state index is 12.3. The molecule has 2 aromatic carbocycles. The molecule has 0 radical (unpaired) electrons. The highest BCUT2D eigenvalue weighted by Gasteiger charge is 2.28. The highest BCUT2D eigenvalue weighted by molar-refractivity contribution is 6.05. The van der Waals surface area contributed by atoms with E-state index in [1.807, 2.05) is 0 Å². The monoisotopic (exact) mass is 381 g/mol. The van der Waals surface area contributed by atoms with E-state index in [2.05, 4.69) is 10.1 Å². The number of alkyl halides is 3. The fourth-order valence-corrected chi connectivity index (χ4v) is 2.32. The van der Waals surface area contributed by atoms with Crippen molar-refractivity contribution in [2.75, 3.05) is 19.0 Å². The quantitative estimate of drug-likeness (QED) is 0.785. The summed E-state index contributed by atoms with van der Waals surface area (Å²) < 4.78 is 45.8. The molecular weight excluding hydrogens is 363 g/mol. The number of anilines is 1. The van der Waals surface area contributed by atoms with Gasteiger partial charge in [-0.25, -0.2) is 4.79 Å². The molecule has 0 saturated carbocycles. The van der Waals surface area contributed by atoms with E-state index >= 15 is 0 Å². The highest BCUT2D eigenvalue weighted by Crippen LogP contribution is 2.22. The Morgan fingerprint density at radius 3 is 2.26 bits per heavy atom. The molecule has 27 heavy (non-hydrogen) atoms. The van der Waals surface area contributed by atoms with Crippen LogP contribution in [0.2, 0.25) is 0 Å². The number of carbonyl (C=O) groups is 2. The van der Waals surface area contributed by atoms with Gasteiger partial charge >= 0.3 is 12.1 Å². The first-order chi connectivity index (χ1) is 12.6. The first-order valence-electron chi connectivity index (χ1n) is 7.91. The maximum Gasteiger partial charge on any atom is 0.422 e. The van der Waals surface area contributed by atoms with Gasteiger partial charge in [0.1, 0.15) is 5.75 Å². The van der Waals surface area contributed by atoms with Crippen molar-refractivity contribution in [2.45, 2.75) is 20.0 Å². The van der Waals surface area contributed by atoms with Gasteiger partial charge in [-0.05, 0) is 61.4 Å². The van der Waals surface area contributed by atoms with E-state index in [0.717, 1.165) is 11.1 Å². The molecule has 8 heteroatoms. The Morgan fingerprint density at radius 1 is 1.07 bits per heavy atom. The largest absolute Gasteiger partial charge is 0.484 e. The number of benzene rings is 2. The lowest BCUT2D eigenvalue weighted by molar-refractivity contribution is -0.153. The second kappa shape index (κ2) is 8.11. The van der Waals surface area contributed by atoms with Gasteiger partial charge in [0.15, 0.2) is 6.61 Å². The molecule has 0 aliphatic heterocycles. The molecule has 144 valence electrons. The van der Waals surface area contributed by atoms with Crippen molar-refractivity contribution >= 4 is 17.6 Å². The summed E-state index contributed by atoms with van der Waals surface area (Å²) >= 11 is 0. The molecule has 1 N–H and O–H groups in total. The first-order valence-corrected chi connectivity index (χ1v) is 7.91. The van der Waals surface area contributed by atoms with Crippen molar-refractivity contribution in [3.8, 4) is 5.75 Å². The van der Waals surface area contributed by atoms with Crippen LogP contribution in [0.5, 0.6) is 5.75 Å². The summed E-state index contributed by atoms with van der Waals surface area (Å²) in [5, 5.41) is 2.65. The Labute approximate surface area is 154 Å². The minimum atomic E-state index is -4.43. The molecule has 0 aromatic heterocycles. The second-order valence-electron chi connectivity index (χ2n) is 5.84. The predicted octanol–water partition coefficient (Wildman–Crippen LogP) is 4.28. The number of methoxy groups -OCH3 is 1. The van der Waals surface area contributed by atoms with E-state index in [-0.39, 0.29) is 11.3 Å². The van der Waals surface area contributed by atoms with Gasteiger partial charge in [-0.1, -0.05) is 0 Å². The van der Waals surface area contributed by atoms with E-state index in [1.165, 1.54) is 37.4 Å². The topological polar surface area (TPSA) is 64.6 Å². The van der Waals surface area contributed by atoms with E-state index in [9.17, 15) is 22.8 Å². The lowest BCUT2D eigenvalue weighted by Gasteiger charge is -2.12. The number of ether oxygens (including phenoxy) is 2. The van der Waals surface area contributed by atoms with Gasteiger partial charge in [0.25, 0.3) is 5.91 Å². The molecule has 2 aromatic rings. The minimum absolute atomic E-state index is 0.00281. The molecule has 0 saturated heterocycles. The Bertz CT molecular complexity index is 845. The number of aryl methyl sites for hydroxylation is 1. The molecule has 0 atom stereocenters. The second-order valence-corrected chi connectivity index (χ2v) is 5.84. The van der Waals surface area contributed by atoms with E-state index in [4.69, 9.17) is 4.74 Å². The molecule has 0 bridgehead atoms. The standard InChI is InChI=1S/C19H18F3NO4/c1-11-8-14(9-16(12(11)2)18(25)26-3)23-17(24)13-4-6-15(7-5-13)27-10-19(20,21)22/h4-9H,10H2,1-3H3,(H,23,24). The lowest BCUT2D eigenvalue weighted by Crippen LogP contribution is -2.19. The first kappa shape index (κ1) is 20.3. The molecular formula is C19H18F3NO4. The number of hydrogen-bond donors (Lipinski definition) is 1. The van der Waals surface area contributed by atoms with Gasteiger partial charge < -0.3 is 14.8 Å². The van der Waals surface area contributed by atoms with Crippen molar-refractivity contribution in [1.29, 1.82) is 0 Å². The van der Waals surface area contributed by atoms with Crippen LogP contribution >= 0.6 is 0 Å². The van der Waals surface area contributed by atoms with Gasteiger partial charge in [0.05, 0.1) is 12.7 Å². The van der Waals surface area contributed by atoms with Gasteiger partial charge in [0.2, 0.25) is 0 Å². The number of esters is 1. The summed E-state index contributed by atoms with van der Waals surface area (Å²) in [5.41, 5.74) is 2.51. The average Bonchev–Trinajstić information content (AvgIpc) is 2.62. The van der Waals surface area contributed by atoms with Gasteiger partial charge in [-0.15, -0.1) is 0 Å². The van der Waals surface area contributed by atoms with Crippen molar-refractivity contribution in [3.63, 3.8) is 0 Å². The normalized spacial score (nSPS) is 11.0. The number of amides is 1. The third-order valence-electron chi connectivity index (χ3n) is 3.85. The van der Waals surface area contributed by atoms with Crippen molar-refractivity contribution in [1.82, 2.24) is 0 Å². The molecule has 0 spiro atoms. The van der Waals surface area contributed by atoms with E-state index < -0.39 is 24.7 Å². The number of rotatable bonds is 5. The van der Waals surface area contributed by atoms with Crippen LogP contribution in [0.1, 0.15) is 31.8 Å². The number of nitrogens with one attached hydrogen (secondary N) is 1. The molecule has 0 aliphatic carbocycles. The fraction of sp³-hybridized carbons (Fsp3) is 0.263. The van der Waals surface area contributed by atoms with Crippen LogP contribution in [0.4, 0.5) is 18.9 Å². The van der Waals surface area contributed by atoms with Gasteiger partial charge in [-0.3, -0.25) is 4.79 Å².